The molecule has 4 rings (SSSR count). The first kappa shape index (κ1) is 18.4. The number of amides is 2. The Morgan fingerprint density at radius 1 is 1.26 bits per heavy atom. The zero-order valence-corrected chi connectivity index (χ0v) is 16.0. The predicted octanol–water partition coefficient (Wildman–Crippen LogP) is 1.95. The molecule has 1 saturated carbocycles. The minimum Gasteiger partial charge on any atom is -0.353 e. The number of nitrogens with zero attached hydrogens (tertiary/aromatic N) is 3. The number of pyridine rings is 1. The van der Waals surface area contributed by atoms with Gasteiger partial charge in [0.2, 0.25) is 11.8 Å². The molecule has 1 atom stereocenters. The van der Waals surface area contributed by atoms with Crippen molar-refractivity contribution in [3.63, 3.8) is 0 Å². The summed E-state index contributed by atoms with van der Waals surface area (Å²) in [4.78, 5) is 33.3. The maximum absolute atomic E-state index is 12.5. The molecule has 3 heterocycles. The molecule has 0 bridgehead atoms. The van der Waals surface area contributed by atoms with Gasteiger partial charge in [-0.15, -0.1) is 0 Å². The van der Waals surface area contributed by atoms with Crippen molar-refractivity contribution in [2.24, 2.45) is 5.41 Å². The molecule has 2 aliphatic heterocycles. The van der Waals surface area contributed by atoms with E-state index >= 15 is 0 Å². The molecular weight excluding hydrogens is 340 g/mol. The second-order valence-electron chi connectivity index (χ2n) is 8.54. The molecule has 1 spiro atoms. The third kappa shape index (κ3) is 4.86. The molecule has 0 unspecified atom stereocenters. The summed E-state index contributed by atoms with van der Waals surface area (Å²) in [6, 6.07) is 6.30. The summed E-state index contributed by atoms with van der Waals surface area (Å²) in [6.07, 6.45) is 8.56. The van der Waals surface area contributed by atoms with E-state index in [1.54, 1.807) is 6.20 Å². The number of aromatic nitrogens is 1. The molecule has 0 radical (unpaired) electrons. The maximum Gasteiger partial charge on any atom is 0.222 e. The van der Waals surface area contributed by atoms with Crippen molar-refractivity contribution >= 4 is 11.8 Å². The van der Waals surface area contributed by atoms with Crippen molar-refractivity contribution in [2.45, 2.75) is 57.5 Å². The average Bonchev–Trinajstić information content (AvgIpc) is 3.48. The summed E-state index contributed by atoms with van der Waals surface area (Å²) >= 11 is 0. The molecule has 3 aliphatic rings. The summed E-state index contributed by atoms with van der Waals surface area (Å²) in [7, 11) is 0. The van der Waals surface area contributed by atoms with Gasteiger partial charge < -0.3 is 15.1 Å². The molecule has 2 amide bonds. The van der Waals surface area contributed by atoms with E-state index in [-0.39, 0.29) is 17.2 Å². The monoisotopic (exact) mass is 370 g/mol. The fourth-order valence-corrected chi connectivity index (χ4v) is 4.55. The van der Waals surface area contributed by atoms with E-state index in [1.165, 1.54) is 6.42 Å². The maximum atomic E-state index is 12.5. The van der Waals surface area contributed by atoms with Crippen LogP contribution in [0.4, 0.5) is 0 Å². The zero-order chi connectivity index (χ0) is 18.7. The number of rotatable bonds is 6. The Balaban J connectivity index is 1.33. The van der Waals surface area contributed by atoms with Gasteiger partial charge in [0.05, 0.1) is 12.2 Å². The minimum atomic E-state index is 0.175. The van der Waals surface area contributed by atoms with Gasteiger partial charge in [-0.05, 0) is 50.8 Å². The zero-order valence-electron chi connectivity index (χ0n) is 16.0. The van der Waals surface area contributed by atoms with Gasteiger partial charge in [-0.2, -0.15) is 0 Å². The summed E-state index contributed by atoms with van der Waals surface area (Å²) in [5.74, 6) is 0.430. The van der Waals surface area contributed by atoms with Crippen LogP contribution in [0.3, 0.4) is 0 Å². The molecule has 146 valence electrons. The Morgan fingerprint density at radius 2 is 2.15 bits per heavy atom. The van der Waals surface area contributed by atoms with Crippen molar-refractivity contribution in [3.8, 4) is 0 Å². The number of piperidine rings is 2. The molecule has 3 fully saturated rings. The van der Waals surface area contributed by atoms with Gasteiger partial charge in [0, 0.05) is 50.1 Å². The standard InChI is InChI=1S/C21H30N4O2/c26-19(23-17-5-6-17)8-13-24-12-3-9-21(15-24)10-7-20(27)25(16-21)14-18-4-1-2-11-22-18/h1-2,4,11,17H,3,5-10,12-16H2,(H,23,26)/t21-/m1/s1. The predicted molar refractivity (Wildman–Crippen MR) is 103 cm³/mol. The molecule has 2 saturated heterocycles. The molecule has 27 heavy (non-hydrogen) atoms. The van der Waals surface area contributed by atoms with Crippen LogP contribution in [-0.4, -0.2) is 58.8 Å². The smallest absolute Gasteiger partial charge is 0.222 e. The average molecular weight is 370 g/mol. The largest absolute Gasteiger partial charge is 0.353 e. The molecule has 1 aliphatic carbocycles. The van der Waals surface area contributed by atoms with Gasteiger partial charge in [0.15, 0.2) is 0 Å². The van der Waals surface area contributed by atoms with Crippen LogP contribution < -0.4 is 5.32 Å². The minimum absolute atomic E-state index is 0.175. The van der Waals surface area contributed by atoms with E-state index in [0.717, 1.165) is 57.6 Å². The fourth-order valence-electron chi connectivity index (χ4n) is 4.55. The fraction of sp³-hybridized carbons (Fsp3) is 0.667. The lowest BCUT2D eigenvalue weighted by Crippen LogP contribution is -2.54. The molecule has 6 heteroatoms. The van der Waals surface area contributed by atoms with Crippen LogP contribution in [0.1, 0.15) is 50.6 Å². The first-order valence-corrected chi connectivity index (χ1v) is 10.3. The summed E-state index contributed by atoms with van der Waals surface area (Å²) in [6.45, 7) is 4.30. The van der Waals surface area contributed by atoms with Crippen LogP contribution in [-0.2, 0) is 16.1 Å². The number of carbonyl (C=O) groups excluding carboxylic acids is 2. The quantitative estimate of drug-likeness (QED) is 0.831. The van der Waals surface area contributed by atoms with Crippen molar-refractivity contribution in [1.82, 2.24) is 20.1 Å². The molecule has 1 N–H and O–H groups in total. The number of hydrogen-bond donors (Lipinski definition) is 1. The van der Waals surface area contributed by atoms with Crippen LogP contribution in [0, 0.1) is 5.41 Å². The highest BCUT2D eigenvalue weighted by Gasteiger charge is 2.41. The lowest BCUT2D eigenvalue weighted by Gasteiger charge is -2.48. The van der Waals surface area contributed by atoms with E-state index in [2.05, 4.69) is 15.2 Å². The summed E-state index contributed by atoms with van der Waals surface area (Å²) in [5, 5.41) is 3.08. The first-order chi connectivity index (χ1) is 13.1. The normalized spacial score (nSPS) is 26.4. The number of hydrogen-bond acceptors (Lipinski definition) is 4. The summed E-state index contributed by atoms with van der Waals surface area (Å²) in [5.41, 5.74) is 1.13. The second-order valence-corrected chi connectivity index (χ2v) is 8.54. The molecule has 1 aromatic rings. The van der Waals surface area contributed by atoms with Crippen molar-refractivity contribution in [2.75, 3.05) is 26.2 Å². The number of carbonyl (C=O) groups is 2. The van der Waals surface area contributed by atoms with E-state index in [4.69, 9.17) is 0 Å². The van der Waals surface area contributed by atoms with Crippen molar-refractivity contribution < 1.29 is 9.59 Å². The lowest BCUT2D eigenvalue weighted by atomic mass is 9.73. The van der Waals surface area contributed by atoms with Gasteiger partial charge in [0.1, 0.15) is 0 Å². The highest BCUT2D eigenvalue weighted by atomic mass is 16.2. The lowest BCUT2D eigenvalue weighted by molar-refractivity contribution is -0.140. The van der Waals surface area contributed by atoms with Crippen molar-refractivity contribution in [1.29, 1.82) is 0 Å². The van der Waals surface area contributed by atoms with Crippen LogP contribution in [0.15, 0.2) is 24.4 Å². The van der Waals surface area contributed by atoms with Crippen LogP contribution in [0.25, 0.3) is 0 Å². The van der Waals surface area contributed by atoms with E-state index in [9.17, 15) is 9.59 Å². The third-order valence-corrected chi connectivity index (χ3v) is 6.17. The molecule has 6 nitrogen and oxygen atoms in total. The van der Waals surface area contributed by atoms with Gasteiger partial charge in [-0.1, -0.05) is 6.07 Å². The molecular formula is C21H30N4O2. The Hall–Kier alpha value is -1.95. The van der Waals surface area contributed by atoms with Crippen molar-refractivity contribution in [3.05, 3.63) is 30.1 Å². The Morgan fingerprint density at radius 3 is 2.93 bits per heavy atom. The van der Waals surface area contributed by atoms with Gasteiger partial charge in [0.25, 0.3) is 0 Å². The first-order valence-electron chi connectivity index (χ1n) is 10.3. The Bertz CT molecular complexity index is 676. The van der Waals surface area contributed by atoms with Gasteiger partial charge in [-0.25, -0.2) is 0 Å². The van der Waals surface area contributed by atoms with Gasteiger partial charge >= 0.3 is 0 Å². The number of likely N-dealkylation sites (tertiary alicyclic amines) is 2. The van der Waals surface area contributed by atoms with E-state index < -0.39 is 0 Å². The third-order valence-electron chi connectivity index (χ3n) is 6.17. The Labute approximate surface area is 161 Å². The topological polar surface area (TPSA) is 65.5 Å². The van der Waals surface area contributed by atoms with Crippen LogP contribution in [0.5, 0.6) is 0 Å². The molecule has 1 aromatic heterocycles. The van der Waals surface area contributed by atoms with E-state index in [0.29, 0.717) is 25.4 Å². The molecule has 0 aromatic carbocycles. The van der Waals surface area contributed by atoms with Gasteiger partial charge in [-0.3, -0.25) is 14.6 Å². The summed E-state index contributed by atoms with van der Waals surface area (Å²) < 4.78 is 0. The Kier molecular flexibility index (Phi) is 5.43. The second kappa shape index (κ2) is 7.97. The van der Waals surface area contributed by atoms with Crippen LogP contribution in [0.2, 0.25) is 0 Å². The van der Waals surface area contributed by atoms with Crippen LogP contribution >= 0.6 is 0 Å². The highest BCUT2D eigenvalue weighted by molar-refractivity contribution is 5.77. The SMILES string of the molecule is O=C(CCN1CCC[C@@]2(CCC(=O)N(Cc3ccccn3)C2)C1)NC1CC1. The highest BCUT2D eigenvalue weighted by Crippen LogP contribution is 2.39. The number of nitrogens with one attached hydrogen (secondary N) is 1. The van der Waals surface area contributed by atoms with E-state index in [1.807, 2.05) is 23.1 Å².